The van der Waals surface area contributed by atoms with Crippen LogP contribution in [0.25, 0.3) is 0 Å². The van der Waals surface area contributed by atoms with Crippen LogP contribution in [-0.2, 0) is 11.4 Å². The summed E-state index contributed by atoms with van der Waals surface area (Å²) in [5, 5.41) is 5.95. The molecule has 2 N–H and O–H groups in total. The van der Waals surface area contributed by atoms with Gasteiger partial charge in [0.2, 0.25) is 5.91 Å². The van der Waals surface area contributed by atoms with E-state index in [1.807, 2.05) is 56.4 Å². The average molecular weight is 313 g/mol. The van der Waals surface area contributed by atoms with Gasteiger partial charge < -0.3 is 15.4 Å². The minimum atomic E-state index is -0.0576. The summed E-state index contributed by atoms with van der Waals surface area (Å²) < 4.78 is 5.77. The maximum atomic E-state index is 11.8. The highest BCUT2D eigenvalue weighted by Crippen LogP contribution is 2.20. The van der Waals surface area contributed by atoms with E-state index in [1.54, 1.807) is 6.20 Å². The van der Waals surface area contributed by atoms with Crippen LogP contribution < -0.4 is 15.4 Å². The zero-order valence-corrected chi connectivity index (χ0v) is 13.6. The fraction of sp³-hybridized carbons (Fsp3) is 0.333. The molecule has 2 aromatic rings. The van der Waals surface area contributed by atoms with Crippen LogP contribution in [-0.4, -0.2) is 24.5 Å². The van der Waals surface area contributed by atoms with Gasteiger partial charge in [-0.05, 0) is 43.8 Å². The Morgan fingerprint density at radius 3 is 2.87 bits per heavy atom. The number of carbonyl (C=O) groups excluding carboxylic acids is 1. The van der Waals surface area contributed by atoms with Crippen molar-refractivity contribution in [2.75, 3.05) is 13.6 Å². The first-order valence-corrected chi connectivity index (χ1v) is 7.75. The normalized spacial score (nSPS) is 11.7. The Kier molecular flexibility index (Phi) is 6.56. The fourth-order valence-electron chi connectivity index (χ4n) is 2.15. The van der Waals surface area contributed by atoms with Crippen molar-refractivity contribution in [3.05, 3.63) is 59.9 Å². The van der Waals surface area contributed by atoms with Crippen LogP contribution >= 0.6 is 0 Å². The maximum Gasteiger partial charge on any atom is 0.221 e. The molecule has 1 heterocycles. The molecule has 0 fully saturated rings. The second-order valence-corrected chi connectivity index (χ2v) is 5.32. The van der Waals surface area contributed by atoms with Gasteiger partial charge in [-0.25, -0.2) is 0 Å². The standard InChI is InChI=1S/C18H23N3O2/c1-14(21-18(22)9-11-19-2)15-6-5-8-17(12-15)23-13-16-7-3-4-10-20-16/h3-8,10,12,14,19H,9,11,13H2,1-2H3,(H,21,22). The lowest BCUT2D eigenvalue weighted by molar-refractivity contribution is -0.121. The summed E-state index contributed by atoms with van der Waals surface area (Å²) in [6, 6.07) is 13.4. The van der Waals surface area contributed by atoms with E-state index < -0.39 is 0 Å². The number of hydrogen-bond donors (Lipinski definition) is 2. The van der Waals surface area contributed by atoms with Crippen molar-refractivity contribution >= 4 is 5.91 Å². The van der Waals surface area contributed by atoms with E-state index in [1.165, 1.54) is 0 Å². The number of nitrogens with zero attached hydrogens (tertiary/aromatic N) is 1. The van der Waals surface area contributed by atoms with Crippen molar-refractivity contribution in [1.29, 1.82) is 0 Å². The largest absolute Gasteiger partial charge is 0.487 e. The third-order valence-electron chi connectivity index (χ3n) is 3.45. The van der Waals surface area contributed by atoms with Gasteiger partial charge >= 0.3 is 0 Å². The molecule has 0 saturated carbocycles. The van der Waals surface area contributed by atoms with Crippen molar-refractivity contribution in [2.24, 2.45) is 0 Å². The van der Waals surface area contributed by atoms with Gasteiger partial charge in [-0.15, -0.1) is 0 Å². The number of hydrogen-bond acceptors (Lipinski definition) is 4. The predicted molar refractivity (Wildman–Crippen MR) is 90.1 cm³/mol. The summed E-state index contributed by atoms with van der Waals surface area (Å²) in [5.41, 5.74) is 1.90. The van der Waals surface area contributed by atoms with E-state index in [2.05, 4.69) is 15.6 Å². The molecule has 0 radical (unpaired) electrons. The molecule has 2 rings (SSSR count). The predicted octanol–water partition coefficient (Wildman–Crippen LogP) is 2.45. The molecule has 0 aliphatic rings. The van der Waals surface area contributed by atoms with Gasteiger partial charge in [0.15, 0.2) is 0 Å². The zero-order valence-electron chi connectivity index (χ0n) is 13.6. The smallest absolute Gasteiger partial charge is 0.221 e. The summed E-state index contributed by atoms with van der Waals surface area (Å²) in [6.45, 7) is 3.06. The number of carbonyl (C=O) groups is 1. The minimum Gasteiger partial charge on any atom is -0.487 e. The van der Waals surface area contributed by atoms with E-state index in [4.69, 9.17) is 4.74 Å². The first-order valence-electron chi connectivity index (χ1n) is 7.75. The highest BCUT2D eigenvalue weighted by molar-refractivity contribution is 5.76. The second-order valence-electron chi connectivity index (χ2n) is 5.32. The third-order valence-corrected chi connectivity index (χ3v) is 3.45. The average Bonchev–Trinajstić information content (AvgIpc) is 2.59. The van der Waals surface area contributed by atoms with E-state index in [-0.39, 0.29) is 11.9 Å². The number of nitrogens with one attached hydrogen (secondary N) is 2. The molecular formula is C18H23N3O2. The SMILES string of the molecule is CNCCC(=O)NC(C)c1cccc(OCc2ccccn2)c1. The van der Waals surface area contributed by atoms with E-state index in [9.17, 15) is 4.79 Å². The Morgan fingerprint density at radius 1 is 1.26 bits per heavy atom. The van der Waals surface area contributed by atoms with E-state index >= 15 is 0 Å². The summed E-state index contributed by atoms with van der Waals surface area (Å²) in [7, 11) is 1.83. The third kappa shape index (κ3) is 5.71. The lowest BCUT2D eigenvalue weighted by atomic mass is 10.1. The van der Waals surface area contributed by atoms with Crippen LogP contribution in [0.4, 0.5) is 0 Å². The molecule has 1 aromatic heterocycles. The second kappa shape index (κ2) is 8.90. The molecule has 0 spiro atoms. The fourth-order valence-corrected chi connectivity index (χ4v) is 2.15. The summed E-state index contributed by atoms with van der Waals surface area (Å²) in [6.07, 6.45) is 2.22. The van der Waals surface area contributed by atoms with Crippen molar-refractivity contribution in [3.8, 4) is 5.75 Å². The summed E-state index contributed by atoms with van der Waals surface area (Å²) in [4.78, 5) is 16.0. The molecule has 0 bridgehead atoms. The maximum absolute atomic E-state index is 11.8. The Morgan fingerprint density at radius 2 is 2.13 bits per heavy atom. The Labute approximate surface area is 137 Å². The first kappa shape index (κ1) is 17.0. The monoisotopic (exact) mass is 313 g/mol. The highest BCUT2D eigenvalue weighted by Gasteiger charge is 2.10. The van der Waals surface area contributed by atoms with Gasteiger partial charge in [0, 0.05) is 19.2 Å². The lowest BCUT2D eigenvalue weighted by Crippen LogP contribution is -2.29. The quantitative estimate of drug-likeness (QED) is 0.786. The van der Waals surface area contributed by atoms with Crippen LogP contribution in [0.5, 0.6) is 5.75 Å². The van der Waals surface area contributed by atoms with Gasteiger partial charge in [-0.1, -0.05) is 18.2 Å². The van der Waals surface area contributed by atoms with Crippen LogP contribution in [0.1, 0.15) is 30.6 Å². The van der Waals surface area contributed by atoms with Gasteiger partial charge in [0.05, 0.1) is 11.7 Å². The van der Waals surface area contributed by atoms with Gasteiger partial charge in [0.25, 0.3) is 0 Å². The Bertz CT molecular complexity index is 617. The minimum absolute atomic E-state index is 0.0339. The number of rotatable bonds is 8. The van der Waals surface area contributed by atoms with E-state index in [0.717, 1.165) is 17.0 Å². The Hall–Kier alpha value is -2.40. The van der Waals surface area contributed by atoms with Crippen LogP contribution in [0, 0.1) is 0 Å². The molecule has 1 atom stereocenters. The number of benzene rings is 1. The molecule has 23 heavy (non-hydrogen) atoms. The summed E-state index contributed by atoms with van der Waals surface area (Å²) in [5.74, 6) is 0.802. The number of ether oxygens (including phenoxy) is 1. The number of aromatic nitrogens is 1. The highest BCUT2D eigenvalue weighted by atomic mass is 16.5. The lowest BCUT2D eigenvalue weighted by Gasteiger charge is -2.15. The number of amides is 1. The molecule has 1 unspecified atom stereocenters. The van der Waals surface area contributed by atoms with E-state index in [0.29, 0.717) is 19.6 Å². The van der Waals surface area contributed by atoms with Crippen molar-refractivity contribution in [3.63, 3.8) is 0 Å². The number of pyridine rings is 1. The molecule has 1 aromatic carbocycles. The Balaban J connectivity index is 1.92. The van der Waals surface area contributed by atoms with Gasteiger partial charge in [-0.2, -0.15) is 0 Å². The van der Waals surface area contributed by atoms with Crippen LogP contribution in [0.3, 0.4) is 0 Å². The van der Waals surface area contributed by atoms with Crippen molar-refractivity contribution < 1.29 is 9.53 Å². The topological polar surface area (TPSA) is 63.2 Å². The van der Waals surface area contributed by atoms with Crippen molar-refractivity contribution in [1.82, 2.24) is 15.6 Å². The van der Waals surface area contributed by atoms with Crippen LogP contribution in [0.15, 0.2) is 48.7 Å². The molecule has 122 valence electrons. The molecule has 1 amide bonds. The molecule has 0 aliphatic heterocycles. The zero-order chi connectivity index (χ0) is 16.5. The molecule has 0 aliphatic carbocycles. The first-order chi connectivity index (χ1) is 11.2. The molecular weight excluding hydrogens is 290 g/mol. The van der Waals surface area contributed by atoms with Gasteiger partial charge in [0.1, 0.15) is 12.4 Å². The van der Waals surface area contributed by atoms with Crippen molar-refractivity contribution in [2.45, 2.75) is 26.0 Å². The molecule has 5 nitrogen and oxygen atoms in total. The molecule has 0 saturated heterocycles. The molecule has 5 heteroatoms. The summed E-state index contributed by atoms with van der Waals surface area (Å²) >= 11 is 0. The van der Waals surface area contributed by atoms with Crippen LogP contribution in [0.2, 0.25) is 0 Å². The van der Waals surface area contributed by atoms with Gasteiger partial charge in [-0.3, -0.25) is 9.78 Å².